The number of carbonyl (C=O) groups is 1. The number of amidine groups is 1. The monoisotopic (exact) mass is 604 g/mol. The standard InChI is InChI=1S/C25H28F4N6O3S2.2H2/c1-16(35-10-2-3-17-15-18(26)4-9-21(17)35)22(36)34-13-11-33(12-14-34)19-5-7-20(8-6-19)40(37,38)32-24(31)39-23(30)25(27,28)29;;/h4-9,15-16,30H,2-3,10-14H2,1H3,(H2,31,32);2*1H/t16-;;/m1../s1. The lowest BCUT2D eigenvalue weighted by Gasteiger charge is -2.41. The van der Waals surface area contributed by atoms with E-state index in [9.17, 15) is 30.8 Å². The minimum atomic E-state index is -4.96. The molecule has 9 nitrogen and oxygen atoms in total. The number of alkyl halides is 3. The highest BCUT2D eigenvalue weighted by Gasteiger charge is 2.36. The first kappa shape index (κ1) is 29.6. The second-order valence-corrected chi connectivity index (χ2v) is 12.0. The second kappa shape index (κ2) is 11.6. The number of nitrogens with one attached hydrogen (secondary N) is 1. The van der Waals surface area contributed by atoms with Crippen LogP contribution in [0, 0.1) is 11.2 Å². The van der Waals surface area contributed by atoms with Gasteiger partial charge in [-0.05, 0) is 79.6 Å². The van der Waals surface area contributed by atoms with Crippen molar-refractivity contribution in [1.82, 2.24) is 4.90 Å². The largest absolute Gasteiger partial charge is 0.439 e. The van der Waals surface area contributed by atoms with Gasteiger partial charge < -0.3 is 20.4 Å². The maximum Gasteiger partial charge on any atom is 0.439 e. The Hall–Kier alpha value is -3.33. The fourth-order valence-corrected chi connectivity index (χ4v) is 6.35. The summed E-state index contributed by atoms with van der Waals surface area (Å²) < 4.78 is 79.3. The third-order valence-corrected chi connectivity index (χ3v) is 8.94. The van der Waals surface area contributed by atoms with Gasteiger partial charge in [0.05, 0.1) is 4.90 Å². The van der Waals surface area contributed by atoms with Crippen LogP contribution >= 0.6 is 11.8 Å². The quantitative estimate of drug-likeness (QED) is 0.300. The van der Waals surface area contributed by atoms with Gasteiger partial charge in [-0.15, -0.1) is 4.40 Å². The Morgan fingerprint density at radius 3 is 2.38 bits per heavy atom. The molecule has 15 heteroatoms. The van der Waals surface area contributed by atoms with E-state index >= 15 is 0 Å². The zero-order valence-corrected chi connectivity index (χ0v) is 23.1. The van der Waals surface area contributed by atoms with Crippen molar-refractivity contribution in [2.75, 3.05) is 42.5 Å². The summed E-state index contributed by atoms with van der Waals surface area (Å²) in [5, 5.41) is 4.22. The molecule has 1 atom stereocenters. The Labute approximate surface area is 236 Å². The van der Waals surface area contributed by atoms with Crippen molar-refractivity contribution < 1.29 is 33.6 Å². The van der Waals surface area contributed by atoms with E-state index in [1.807, 2.05) is 16.7 Å². The summed E-state index contributed by atoms with van der Waals surface area (Å²) >= 11 is -0.287. The highest BCUT2D eigenvalue weighted by atomic mass is 32.2. The number of thioether (sulfide) groups is 1. The molecule has 1 amide bonds. The fourth-order valence-electron chi connectivity index (χ4n) is 4.76. The summed E-state index contributed by atoms with van der Waals surface area (Å²) in [6.07, 6.45) is -3.35. The molecule has 0 bridgehead atoms. The molecule has 2 aliphatic rings. The second-order valence-electron chi connectivity index (χ2n) is 9.39. The molecule has 40 heavy (non-hydrogen) atoms. The van der Waals surface area contributed by atoms with Crippen molar-refractivity contribution in [3.63, 3.8) is 0 Å². The van der Waals surface area contributed by atoms with E-state index in [1.54, 1.807) is 23.1 Å². The van der Waals surface area contributed by atoms with Gasteiger partial charge in [-0.1, -0.05) is 0 Å². The molecule has 2 heterocycles. The van der Waals surface area contributed by atoms with Gasteiger partial charge >= 0.3 is 6.18 Å². The third kappa shape index (κ3) is 6.69. The molecule has 0 radical (unpaired) electrons. The highest BCUT2D eigenvalue weighted by molar-refractivity contribution is 8.26. The number of rotatable bonds is 5. The number of anilines is 2. The van der Waals surface area contributed by atoms with Crippen molar-refractivity contribution in [2.45, 2.75) is 36.9 Å². The number of amides is 1. The summed E-state index contributed by atoms with van der Waals surface area (Å²) in [4.78, 5) is 18.8. The maximum absolute atomic E-state index is 13.7. The molecule has 0 aromatic heterocycles. The molecular formula is C25H32F4N6O3S2. The van der Waals surface area contributed by atoms with Crippen molar-refractivity contribution in [2.24, 2.45) is 10.1 Å². The molecule has 2 aromatic carbocycles. The number of nitrogens with zero attached hydrogens (tertiary/aromatic N) is 4. The normalized spacial score (nSPS) is 17.4. The number of nitrogens with two attached hydrogens (primary N) is 1. The first-order valence-corrected chi connectivity index (χ1v) is 14.6. The molecule has 2 aromatic rings. The average Bonchev–Trinajstić information content (AvgIpc) is 2.91. The van der Waals surface area contributed by atoms with Crippen LogP contribution in [0.2, 0.25) is 0 Å². The van der Waals surface area contributed by atoms with Crippen LogP contribution in [0.3, 0.4) is 0 Å². The summed E-state index contributed by atoms with van der Waals surface area (Å²) in [6.45, 7) is 4.49. The molecule has 0 saturated carbocycles. The molecule has 2 aliphatic heterocycles. The predicted molar refractivity (Wildman–Crippen MR) is 151 cm³/mol. The molecule has 220 valence electrons. The van der Waals surface area contributed by atoms with Crippen LogP contribution in [0.15, 0.2) is 51.8 Å². The summed E-state index contributed by atoms with van der Waals surface area (Å²) in [5.74, 6) is -0.315. The number of carbonyl (C=O) groups excluding carboxylic acids is 1. The Morgan fingerprint density at radius 1 is 1.10 bits per heavy atom. The van der Waals surface area contributed by atoms with Crippen LogP contribution in [0.4, 0.5) is 28.9 Å². The summed E-state index contributed by atoms with van der Waals surface area (Å²) in [7, 11) is -4.38. The van der Waals surface area contributed by atoms with E-state index in [2.05, 4.69) is 4.40 Å². The fraction of sp³-hybridized carbons (Fsp3) is 0.400. The molecule has 0 spiro atoms. The van der Waals surface area contributed by atoms with Gasteiger partial charge in [0.2, 0.25) is 5.91 Å². The van der Waals surface area contributed by atoms with Gasteiger partial charge in [0, 0.05) is 47.0 Å². The first-order valence-electron chi connectivity index (χ1n) is 12.4. The third-order valence-electron chi connectivity index (χ3n) is 6.79. The van der Waals surface area contributed by atoms with Crippen molar-refractivity contribution in [1.29, 1.82) is 5.41 Å². The minimum Gasteiger partial charge on any atom is -0.377 e. The van der Waals surface area contributed by atoms with Crippen LogP contribution in [0.1, 0.15) is 21.8 Å². The van der Waals surface area contributed by atoms with Gasteiger partial charge in [0.25, 0.3) is 10.0 Å². The Morgan fingerprint density at radius 2 is 1.75 bits per heavy atom. The molecule has 1 saturated heterocycles. The topological polar surface area (TPSA) is 123 Å². The number of sulfonamides is 1. The number of halogens is 4. The first-order chi connectivity index (χ1) is 18.8. The zero-order valence-electron chi connectivity index (χ0n) is 21.5. The Bertz CT molecular complexity index is 1420. The lowest BCUT2D eigenvalue weighted by molar-refractivity contribution is -0.132. The summed E-state index contributed by atoms with van der Waals surface area (Å²) in [6, 6.07) is 9.89. The predicted octanol–water partition coefficient (Wildman–Crippen LogP) is 4.08. The molecular weight excluding hydrogens is 572 g/mol. The van der Waals surface area contributed by atoms with Crippen molar-refractivity contribution >= 4 is 49.3 Å². The number of aryl methyl sites for hydroxylation is 1. The van der Waals surface area contributed by atoms with Gasteiger partial charge in [-0.3, -0.25) is 10.2 Å². The molecule has 0 unspecified atom stereocenters. The minimum absolute atomic E-state index is 0. The van der Waals surface area contributed by atoms with Gasteiger partial charge in [0.1, 0.15) is 11.9 Å². The van der Waals surface area contributed by atoms with E-state index in [4.69, 9.17) is 11.1 Å². The van der Waals surface area contributed by atoms with Crippen LogP contribution in [0.25, 0.3) is 0 Å². The number of piperazine rings is 1. The van der Waals surface area contributed by atoms with Gasteiger partial charge in [-0.25, -0.2) is 4.39 Å². The van der Waals surface area contributed by atoms with E-state index in [1.165, 1.54) is 24.3 Å². The number of hydrogen-bond acceptors (Lipinski definition) is 7. The highest BCUT2D eigenvalue weighted by Crippen LogP contribution is 2.30. The molecule has 3 N–H and O–H groups in total. The number of fused-ring (bicyclic) bond motifs is 1. The van der Waals surface area contributed by atoms with Crippen molar-refractivity contribution in [3.8, 4) is 0 Å². The maximum atomic E-state index is 13.7. The SMILES string of the molecule is C[C@H](C(=O)N1CCN(c2ccc(S(=O)(=O)N=C(N)SC(=N)C(F)(F)F)cc2)CC1)N1CCCc2cc(F)ccc21.[HH].[HH]. The summed E-state index contributed by atoms with van der Waals surface area (Å²) in [5.41, 5.74) is 7.79. The van der Waals surface area contributed by atoms with E-state index in [-0.39, 0.29) is 31.2 Å². The van der Waals surface area contributed by atoms with Crippen LogP contribution in [0.5, 0.6) is 0 Å². The van der Waals surface area contributed by atoms with Crippen LogP contribution < -0.4 is 15.5 Å². The molecule has 0 aliphatic carbocycles. The molecule has 1 fully saturated rings. The van der Waals surface area contributed by atoms with Crippen LogP contribution in [-0.4, -0.2) is 74.4 Å². The van der Waals surface area contributed by atoms with Crippen LogP contribution in [-0.2, 0) is 21.2 Å². The van der Waals surface area contributed by atoms with Crippen molar-refractivity contribution in [3.05, 3.63) is 53.8 Å². The number of benzene rings is 2. The average molecular weight is 605 g/mol. The Balaban J connectivity index is 0.00000308. The lowest BCUT2D eigenvalue weighted by atomic mass is 9.99. The molecule has 4 rings (SSSR count). The zero-order chi connectivity index (χ0) is 29.2. The Kier molecular flexibility index (Phi) is 8.63. The smallest absolute Gasteiger partial charge is 0.377 e. The van der Waals surface area contributed by atoms with E-state index < -0.39 is 32.5 Å². The van der Waals surface area contributed by atoms with Gasteiger partial charge in [-0.2, -0.15) is 21.6 Å². The van der Waals surface area contributed by atoms with E-state index in [0.717, 1.165) is 24.1 Å². The lowest BCUT2D eigenvalue weighted by Crippen LogP contribution is -2.55. The number of hydrogen-bond donors (Lipinski definition) is 2. The van der Waals surface area contributed by atoms with Gasteiger partial charge in [0.15, 0.2) is 10.2 Å². The van der Waals surface area contributed by atoms with E-state index in [0.29, 0.717) is 38.4 Å².